The van der Waals surface area contributed by atoms with Crippen LogP contribution in [0.5, 0.6) is 5.75 Å². The Labute approximate surface area is 143 Å². The third-order valence-corrected chi connectivity index (χ3v) is 3.65. The summed E-state index contributed by atoms with van der Waals surface area (Å²) in [6.07, 6.45) is -7.84. The number of halogens is 6. The second-order valence-electron chi connectivity index (χ2n) is 4.82. The number of alkyl halides is 4. The molecule has 0 bridgehead atoms. The van der Waals surface area contributed by atoms with Gasteiger partial charge in [0, 0.05) is 11.4 Å². The van der Waals surface area contributed by atoms with E-state index in [4.69, 9.17) is 27.9 Å². The minimum absolute atomic E-state index is 0.0206. The highest BCUT2D eigenvalue weighted by molar-refractivity contribution is 6.35. The molecule has 0 unspecified atom stereocenters. The van der Waals surface area contributed by atoms with Gasteiger partial charge in [0.25, 0.3) is 18.8 Å². The first kappa shape index (κ1) is 18.8. The number of amides is 1. The second kappa shape index (κ2) is 7.12. The molecule has 1 atom stereocenters. The fraction of sp³-hybridized carbons (Fsp3) is 0.385. The van der Waals surface area contributed by atoms with Gasteiger partial charge in [0.15, 0.2) is 6.61 Å². The molecule has 132 valence electrons. The van der Waals surface area contributed by atoms with Crippen molar-refractivity contribution in [3.8, 4) is 5.75 Å². The Balaban J connectivity index is 2.14. The van der Waals surface area contributed by atoms with Crippen LogP contribution >= 0.6 is 23.2 Å². The number of aliphatic hydroxyl groups is 1. The van der Waals surface area contributed by atoms with E-state index in [-0.39, 0.29) is 15.8 Å². The predicted octanol–water partition coefficient (Wildman–Crippen LogP) is 3.18. The van der Waals surface area contributed by atoms with Crippen molar-refractivity contribution in [1.29, 1.82) is 0 Å². The van der Waals surface area contributed by atoms with Crippen molar-refractivity contribution in [3.05, 3.63) is 28.2 Å². The Morgan fingerprint density at radius 1 is 1.38 bits per heavy atom. The summed E-state index contributed by atoms with van der Waals surface area (Å²) in [6, 6.07) is 4.06. The molecule has 1 aromatic carbocycles. The monoisotopic (exact) mass is 388 g/mol. The maximum Gasteiger partial charge on any atom is 0.287 e. The number of nitrogens with zero attached hydrogens (tertiary/aromatic N) is 2. The van der Waals surface area contributed by atoms with Crippen LogP contribution in [0.25, 0.3) is 0 Å². The summed E-state index contributed by atoms with van der Waals surface area (Å²) in [5.41, 5.74) is -4.16. The van der Waals surface area contributed by atoms with E-state index >= 15 is 0 Å². The van der Waals surface area contributed by atoms with E-state index in [0.29, 0.717) is 5.02 Å². The van der Waals surface area contributed by atoms with Crippen LogP contribution in [0.1, 0.15) is 6.42 Å². The number of carbonyl (C=O) groups excluding carboxylic acids is 1. The number of carbonyl (C=O) groups is 1. The van der Waals surface area contributed by atoms with Crippen molar-refractivity contribution >= 4 is 34.8 Å². The topological polar surface area (TPSA) is 62.1 Å². The SMILES string of the molecule is O=C(COc1ccc(Cl)cc1Cl)N1N=C(C(F)F)C[C@]1(O)C(F)F. The van der Waals surface area contributed by atoms with Crippen LogP contribution in [0.15, 0.2) is 23.3 Å². The zero-order chi connectivity index (χ0) is 18.1. The summed E-state index contributed by atoms with van der Waals surface area (Å²) in [5.74, 6) is -1.22. The number of hydrogen-bond donors (Lipinski definition) is 1. The molecule has 0 aromatic heterocycles. The van der Waals surface area contributed by atoms with Gasteiger partial charge in [-0.05, 0) is 18.2 Å². The fourth-order valence-corrected chi connectivity index (χ4v) is 2.41. The van der Waals surface area contributed by atoms with Crippen molar-refractivity contribution in [3.63, 3.8) is 0 Å². The Morgan fingerprint density at radius 2 is 2.04 bits per heavy atom. The van der Waals surface area contributed by atoms with E-state index < -0.39 is 43.2 Å². The highest BCUT2D eigenvalue weighted by Crippen LogP contribution is 2.33. The molecule has 5 nitrogen and oxygen atoms in total. The van der Waals surface area contributed by atoms with E-state index in [1.54, 1.807) is 0 Å². The molecule has 0 radical (unpaired) electrons. The zero-order valence-electron chi connectivity index (χ0n) is 11.7. The molecule has 11 heteroatoms. The minimum atomic E-state index is -3.50. The average Bonchev–Trinajstić information content (AvgIpc) is 2.86. The van der Waals surface area contributed by atoms with Crippen LogP contribution in [-0.4, -0.2) is 46.9 Å². The van der Waals surface area contributed by atoms with Gasteiger partial charge in [-0.25, -0.2) is 17.6 Å². The number of hydrazone groups is 1. The van der Waals surface area contributed by atoms with Gasteiger partial charge >= 0.3 is 0 Å². The van der Waals surface area contributed by atoms with E-state index in [1.165, 1.54) is 18.2 Å². The van der Waals surface area contributed by atoms with Crippen LogP contribution in [0.4, 0.5) is 17.6 Å². The van der Waals surface area contributed by atoms with Gasteiger partial charge < -0.3 is 9.84 Å². The molecular weight excluding hydrogens is 379 g/mol. The summed E-state index contributed by atoms with van der Waals surface area (Å²) in [6.45, 7) is -0.851. The molecule has 24 heavy (non-hydrogen) atoms. The van der Waals surface area contributed by atoms with Crippen LogP contribution in [0, 0.1) is 0 Å². The highest BCUT2D eigenvalue weighted by atomic mass is 35.5. The Kier molecular flexibility index (Phi) is 5.56. The summed E-state index contributed by atoms with van der Waals surface area (Å²) in [4.78, 5) is 12.0. The largest absolute Gasteiger partial charge is 0.482 e. The molecule has 0 saturated heterocycles. The minimum Gasteiger partial charge on any atom is -0.482 e. The number of hydrogen-bond acceptors (Lipinski definition) is 4. The Morgan fingerprint density at radius 3 is 2.58 bits per heavy atom. The average molecular weight is 389 g/mol. The Bertz CT molecular complexity index is 675. The van der Waals surface area contributed by atoms with Gasteiger partial charge in [0.05, 0.1) is 5.02 Å². The summed E-state index contributed by atoms with van der Waals surface area (Å²) in [7, 11) is 0. The smallest absolute Gasteiger partial charge is 0.287 e. The normalized spacial score (nSPS) is 20.7. The molecule has 1 aliphatic rings. The highest BCUT2D eigenvalue weighted by Gasteiger charge is 2.53. The molecule has 1 aromatic rings. The Hall–Kier alpha value is -1.58. The van der Waals surface area contributed by atoms with Gasteiger partial charge in [-0.3, -0.25) is 4.79 Å². The van der Waals surface area contributed by atoms with E-state index in [2.05, 4.69) is 5.10 Å². The molecule has 0 spiro atoms. The number of benzene rings is 1. The van der Waals surface area contributed by atoms with E-state index in [1.807, 2.05) is 0 Å². The molecule has 0 saturated carbocycles. The van der Waals surface area contributed by atoms with Gasteiger partial charge in [-0.1, -0.05) is 23.2 Å². The molecule has 1 aliphatic heterocycles. The quantitative estimate of drug-likeness (QED) is 0.788. The van der Waals surface area contributed by atoms with Crippen LogP contribution < -0.4 is 4.74 Å². The summed E-state index contributed by atoms with van der Waals surface area (Å²) < 4.78 is 56.3. The lowest BCUT2D eigenvalue weighted by Gasteiger charge is -2.29. The second-order valence-corrected chi connectivity index (χ2v) is 5.66. The standard InChI is InChI=1S/C13H10Cl2F4N2O3/c14-6-1-2-9(7(15)3-6)24-5-10(22)21-13(23,12(18)19)4-8(20-21)11(16)17/h1-3,11-12,23H,4-5H2/t13-/m0/s1. The predicted molar refractivity (Wildman–Crippen MR) is 77.8 cm³/mol. The zero-order valence-corrected chi connectivity index (χ0v) is 13.2. The van der Waals surface area contributed by atoms with Crippen molar-refractivity contribution < 1.29 is 32.2 Å². The third kappa shape index (κ3) is 3.73. The first-order valence-corrected chi connectivity index (χ1v) is 7.17. The molecule has 1 heterocycles. The van der Waals surface area contributed by atoms with Crippen LogP contribution in [0.2, 0.25) is 10.0 Å². The van der Waals surface area contributed by atoms with Gasteiger partial charge in [0.1, 0.15) is 11.5 Å². The van der Waals surface area contributed by atoms with Gasteiger partial charge in [-0.15, -0.1) is 0 Å². The molecule has 0 fully saturated rings. The molecule has 1 amide bonds. The lowest BCUT2D eigenvalue weighted by atomic mass is 10.1. The van der Waals surface area contributed by atoms with E-state index in [0.717, 1.165) is 0 Å². The molecule has 1 N–H and O–H groups in total. The van der Waals surface area contributed by atoms with Crippen LogP contribution in [-0.2, 0) is 4.79 Å². The third-order valence-electron chi connectivity index (χ3n) is 3.12. The van der Waals surface area contributed by atoms with Gasteiger partial charge in [-0.2, -0.15) is 10.1 Å². The number of rotatable bonds is 5. The first-order chi connectivity index (χ1) is 11.1. The molecule has 0 aliphatic carbocycles. The lowest BCUT2D eigenvalue weighted by molar-refractivity contribution is -0.193. The van der Waals surface area contributed by atoms with Crippen LogP contribution in [0.3, 0.4) is 0 Å². The maximum atomic E-state index is 13.0. The van der Waals surface area contributed by atoms with Crippen molar-refractivity contribution in [2.24, 2.45) is 5.10 Å². The summed E-state index contributed by atoms with van der Waals surface area (Å²) >= 11 is 11.5. The van der Waals surface area contributed by atoms with Crippen molar-refractivity contribution in [1.82, 2.24) is 5.01 Å². The number of ether oxygens (including phenoxy) is 1. The van der Waals surface area contributed by atoms with Crippen molar-refractivity contribution in [2.45, 2.75) is 25.0 Å². The van der Waals surface area contributed by atoms with E-state index in [9.17, 15) is 27.5 Å². The lowest BCUT2D eigenvalue weighted by Crippen LogP contribution is -2.52. The first-order valence-electron chi connectivity index (χ1n) is 6.42. The van der Waals surface area contributed by atoms with Crippen molar-refractivity contribution in [2.75, 3.05) is 6.61 Å². The fourth-order valence-electron chi connectivity index (χ4n) is 1.95. The molecule has 2 rings (SSSR count). The summed E-state index contributed by atoms with van der Waals surface area (Å²) in [5, 5.41) is 13.2. The van der Waals surface area contributed by atoms with Gasteiger partial charge in [0.2, 0.25) is 5.72 Å². The maximum absolute atomic E-state index is 13.0. The molecular formula is C13H10Cl2F4N2O3.